The third kappa shape index (κ3) is 3.63. The molecule has 0 aliphatic carbocycles. The summed E-state index contributed by atoms with van der Waals surface area (Å²) < 4.78 is 22.3. The molecule has 2 fully saturated rings. The van der Waals surface area contributed by atoms with Crippen molar-refractivity contribution in [1.29, 1.82) is 0 Å². The zero-order chi connectivity index (χ0) is 20.7. The number of alkyl halides is 1. The number of hydrogen-bond acceptors (Lipinski definition) is 6. The van der Waals surface area contributed by atoms with Gasteiger partial charge < -0.3 is 15.2 Å². The van der Waals surface area contributed by atoms with Crippen molar-refractivity contribution in [1.82, 2.24) is 25.3 Å². The molecule has 0 amide bonds. The Morgan fingerprint density at radius 2 is 2.07 bits per heavy atom. The number of phenolic OH excluding ortho intramolecular Hbond substituents is 1. The van der Waals surface area contributed by atoms with E-state index in [1.807, 2.05) is 19.3 Å². The number of fused-ring (bicyclic) bond motifs is 2. The molecule has 156 valence electrons. The molecule has 2 saturated heterocycles. The minimum absolute atomic E-state index is 0.106. The first-order valence-corrected chi connectivity index (χ1v) is 10.3. The molecular weight excluding hydrogens is 385 g/mol. The number of phenols is 1. The van der Waals surface area contributed by atoms with E-state index < -0.39 is 12.3 Å². The van der Waals surface area contributed by atoms with Crippen LogP contribution in [-0.4, -0.2) is 49.4 Å². The van der Waals surface area contributed by atoms with E-state index in [0.29, 0.717) is 29.6 Å². The Bertz CT molecular complexity index is 1040. The second kappa shape index (κ2) is 7.68. The van der Waals surface area contributed by atoms with Crippen molar-refractivity contribution in [2.45, 2.75) is 50.0 Å². The number of halogens is 1. The van der Waals surface area contributed by atoms with Crippen molar-refractivity contribution in [2.24, 2.45) is 7.05 Å². The van der Waals surface area contributed by atoms with Crippen molar-refractivity contribution in [3.05, 3.63) is 42.7 Å². The third-order valence-electron chi connectivity index (χ3n) is 6.00. The molecule has 2 unspecified atom stereocenters. The van der Waals surface area contributed by atoms with Gasteiger partial charge in [-0.2, -0.15) is 5.10 Å². The van der Waals surface area contributed by atoms with E-state index in [0.717, 1.165) is 30.4 Å². The number of piperidine rings is 2. The lowest BCUT2D eigenvalue weighted by Gasteiger charge is -2.42. The molecule has 3 aromatic rings. The first-order valence-electron chi connectivity index (χ1n) is 10.3. The van der Waals surface area contributed by atoms with Crippen LogP contribution in [0.25, 0.3) is 22.4 Å². The van der Waals surface area contributed by atoms with E-state index >= 15 is 0 Å². The second-order valence-corrected chi connectivity index (χ2v) is 8.13. The number of nitrogens with zero attached hydrogens (tertiary/aromatic N) is 4. The summed E-state index contributed by atoms with van der Waals surface area (Å²) in [4.78, 5) is 0. The summed E-state index contributed by atoms with van der Waals surface area (Å²) in [5.41, 5.74) is 2.88. The van der Waals surface area contributed by atoms with Crippen LogP contribution in [0, 0.1) is 0 Å². The molecule has 7 nitrogen and oxygen atoms in total. The summed E-state index contributed by atoms with van der Waals surface area (Å²) in [7, 11) is 1.85. The minimum atomic E-state index is -1.05. The number of aromatic nitrogens is 4. The minimum Gasteiger partial charge on any atom is -0.507 e. The van der Waals surface area contributed by atoms with Gasteiger partial charge in [-0.3, -0.25) is 4.68 Å². The highest BCUT2D eigenvalue weighted by Gasteiger charge is 2.41. The highest BCUT2D eigenvalue weighted by Crippen LogP contribution is 2.33. The maximum atomic E-state index is 14.7. The lowest BCUT2D eigenvalue weighted by molar-refractivity contribution is 0.00652. The lowest BCUT2D eigenvalue weighted by Crippen LogP contribution is -2.59. The van der Waals surface area contributed by atoms with Crippen molar-refractivity contribution in [3.63, 3.8) is 0 Å². The number of aryl methyl sites for hydroxylation is 1. The van der Waals surface area contributed by atoms with Crippen LogP contribution in [0.2, 0.25) is 0 Å². The number of rotatable bonds is 4. The van der Waals surface area contributed by atoms with Crippen LogP contribution in [-0.2, 0) is 7.05 Å². The fourth-order valence-electron chi connectivity index (χ4n) is 4.45. The van der Waals surface area contributed by atoms with E-state index in [2.05, 4.69) is 20.6 Å². The van der Waals surface area contributed by atoms with E-state index in [9.17, 15) is 9.50 Å². The molecule has 2 bridgehead atoms. The Hall–Kier alpha value is -3.00. The van der Waals surface area contributed by atoms with Crippen LogP contribution in [0.1, 0.15) is 25.7 Å². The van der Waals surface area contributed by atoms with Gasteiger partial charge in [0.15, 0.2) is 6.17 Å². The van der Waals surface area contributed by atoms with Gasteiger partial charge in [-0.05, 0) is 36.6 Å². The summed E-state index contributed by atoms with van der Waals surface area (Å²) in [5.74, 6) is 0.409. The summed E-state index contributed by atoms with van der Waals surface area (Å²) >= 11 is 0. The van der Waals surface area contributed by atoms with Gasteiger partial charge in [0.05, 0.1) is 11.9 Å². The van der Waals surface area contributed by atoms with E-state index in [1.165, 1.54) is 0 Å². The number of benzene rings is 1. The molecule has 5 rings (SSSR count). The molecule has 4 atom stereocenters. The van der Waals surface area contributed by atoms with Gasteiger partial charge in [-0.1, -0.05) is 12.5 Å². The molecule has 0 saturated carbocycles. The van der Waals surface area contributed by atoms with Crippen LogP contribution in [0.15, 0.2) is 42.7 Å². The maximum Gasteiger partial charge on any atom is 0.233 e. The Kier molecular flexibility index (Phi) is 4.86. The molecule has 2 aliphatic rings. The molecular formula is C22H24FN5O2. The van der Waals surface area contributed by atoms with Gasteiger partial charge in [-0.25, -0.2) is 4.39 Å². The first-order chi connectivity index (χ1) is 14.6. The molecule has 2 aromatic heterocycles. The van der Waals surface area contributed by atoms with Crippen LogP contribution >= 0.6 is 0 Å². The Morgan fingerprint density at radius 1 is 1.17 bits per heavy atom. The highest BCUT2D eigenvalue weighted by atomic mass is 19.1. The van der Waals surface area contributed by atoms with E-state index in [4.69, 9.17) is 4.74 Å². The van der Waals surface area contributed by atoms with E-state index in [-0.39, 0.29) is 11.8 Å². The monoisotopic (exact) mass is 409 g/mol. The molecule has 2 N–H and O–H groups in total. The Morgan fingerprint density at radius 3 is 2.80 bits per heavy atom. The SMILES string of the molecule is Cn1cc(-c2ccc(-c3ccc(O[C@@H]4CC5CCCC(N5)[C@H]4F)nn3)c(O)c2)cn1. The average molecular weight is 409 g/mol. The lowest BCUT2D eigenvalue weighted by atomic mass is 9.84. The predicted octanol–water partition coefficient (Wildman–Crippen LogP) is 3.25. The van der Waals surface area contributed by atoms with Gasteiger partial charge in [0.1, 0.15) is 11.9 Å². The number of hydrogen-bond donors (Lipinski definition) is 2. The molecule has 2 aliphatic heterocycles. The van der Waals surface area contributed by atoms with Crippen molar-refractivity contribution in [2.75, 3.05) is 0 Å². The highest BCUT2D eigenvalue weighted by molar-refractivity contribution is 5.73. The topological polar surface area (TPSA) is 85.1 Å². The third-order valence-corrected chi connectivity index (χ3v) is 6.00. The van der Waals surface area contributed by atoms with Gasteiger partial charge >= 0.3 is 0 Å². The normalized spacial score (nSPS) is 25.8. The standard InChI is InChI=1S/C22H24FN5O2/c1-28-12-14(11-24-28)13-5-6-16(19(29)9-13)17-7-8-21(27-26-17)30-20-10-15-3-2-4-18(25-15)22(20)23/h5-9,11-12,15,18,20,22,25,29H,2-4,10H2,1H3/t15?,18?,20-,22-/m1/s1. The van der Waals surface area contributed by atoms with Gasteiger partial charge in [0, 0.05) is 48.9 Å². The molecule has 30 heavy (non-hydrogen) atoms. The van der Waals surface area contributed by atoms with Crippen molar-refractivity contribution in [3.8, 4) is 34.0 Å². The maximum absolute atomic E-state index is 14.7. The van der Waals surface area contributed by atoms with Crippen LogP contribution in [0.3, 0.4) is 0 Å². The van der Waals surface area contributed by atoms with Gasteiger partial charge in [-0.15, -0.1) is 10.2 Å². The molecule has 8 heteroatoms. The fourth-order valence-corrected chi connectivity index (χ4v) is 4.45. The van der Waals surface area contributed by atoms with Gasteiger partial charge in [0.25, 0.3) is 0 Å². The zero-order valence-corrected chi connectivity index (χ0v) is 16.7. The predicted molar refractivity (Wildman–Crippen MR) is 110 cm³/mol. The summed E-state index contributed by atoms with van der Waals surface area (Å²) in [6.45, 7) is 0. The fraction of sp³-hybridized carbons (Fsp3) is 0.409. The summed E-state index contributed by atoms with van der Waals surface area (Å²) in [5, 5.41) is 26.3. The van der Waals surface area contributed by atoms with Crippen molar-refractivity contribution >= 4 is 0 Å². The molecule has 1 aromatic carbocycles. The summed E-state index contributed by atoms with van der Waals surface area (Å²) in [6.07, 6.45) is 5.67. The number of nitrogens with one attached hydrogen (secondary N) is 1. The number of aromatic hydroxyl groups is 1. The summed E-state index contributed by atoms with van der Waals surface area (Å²) in [6, 6.07) is 8.97. The Balaban J connectivity index is 1.31. The largest absolute Gasteiger partial charge is 0.507 e. The Labute approximate surface area is 173 Å². The van der Waals surface area contributed by atoms with Gasteiger partial charge in [0.2, 0.25) is 5.88 Å². The van der Waals surface area contributed by atoms with Crippen LogP contribution in [0.4, 0.5) is 4.39 Å². The number of ether oxygens (including phenoxy) is 1. The smallest absolute Gasteiger partial charge is 0.233 e. The zero-order valence-electron chi connectivity index (χ0n) is 16.7. The molecule has 0 radical (unpaired) electrons. The average Bonchev–Trinajstić information content (AvgIpc) is 3.19. The second-order valence-electron chi connectivity index (χ2n) is 8.13. The molecule has 0 spiro atoms. The quantitative estimate of drug-likeness (QED) is 0.688. The van der Waals surface area contributed by atoms with E-state index in [1.54, 1.807) is 35.1 Å². The van der Waals surface area contributed by atoms with Crippen LogP contribution in [0.5, 0.6) is 11.6 Å². The van der Waals surface area contributed by atoms with Crippen LogP contribution < -0.4 is 10.1 Å². The van der Waals surface area contributed by atoms with Crippen molar-refractivity contribution < 1.29 is 14.2 Å². The first kappa shape index (κ1) is 19.0. The molecule has 4 heterocycles.